The van der Waals surface area contributed by atoms with Crippen LogP contribution in [0.2, 0.25) is 0 Å². The molecule has 1 aromatic heterocycles. The molecule has 0 aliphatic rings. The Kier molecular flexibility index (Phi) is 3.95. The normalized spacial score (nSPS) is 9.85. The summed E-state index contributed by atoms with van der Waals surface area (Å²) in [6, 6.07) is 9.43. The van der Waals surface area contributed by atoms with Crippen LogP contribution in [0.15, 0.2) is 48.8 Å². The number of carbonyl (C=O) groups excluding carboxylic acids is 2. The predicted molar refractivity (Wildman–Crippen MR) is 73.2 cm³/mol. The molecule has 20 heavy (non-hydrogen) atoms. The molecule has 2 N–H and O–H groups in total. The second kappa shape index (κ2) is 5.83. The summed E-state index contributed by atoms with van der Waals surface area (Å²) in [5.41, 5.74) is 1.33. The molecule has 0 saturated heterocycles. The average Bonchev–Trinajstić information content (AvgIpc) is 2.47. The Labute approximate surface area is 115 Å². The van der Waals surface area contributed by atoms with E-state index < -0.39 is 0 Å². The Bertz CT molecular complexity index is 638. The number of aromatic nitrogens is 1. The summed E-state index contributed by atoms with van der Waals surface area (Å²) >= 11 is 0. The van der Waals surface area contributed by atoms with Gasteiger partial charge >= 0.3 is 0 Å². The number of benzene rings is 1. The molecule has 2 amide bonds. The predicted octanol–water partition coefficient (Wildman–Crippen LogP) is 0.932. The second-order valence-electron chi connectivity index (χ2n) is 4.06. The van der Waals surface area contributed by atoms with Crippen molar-refractivity contribution in [2.45, 2.75) is 0 Å². The minimum absolute atomic E-state index is 0.229. The number of pyridine rings is 1. The lowest BCUT2D eigenvalue weighted by atomic mass is 10.2. The van der Waals surface area contributed by atoms with E-state index in [0.29, 0.717) is 21.5 Å². The van der Waals surface area contributed by atoms with Gasteiger partial charge in [-0.05, 0) is 18.2 Å². The molecule has 0 aliphatic heterocycles. The van der Waals surface area contributed by atoms with Crippen molar-refractivity contribution in [2.24, 2.45) is 0 Å². The van der Waals surface area contributed by atoms with Gasteiger partial charge in [0.05, 0.1) is 5.56 Å². The summed E-state index contributed by atoms with van der Waals surface area (Å²) in [5.74, 6) is -0.576. The first-order chi connectivity index (χ1) is 9.60. The van der Waals surface area contributed by atoms with E-state index >= 15 is 0 Å². The second-order valence-corrected chi connectivity index (χ2v) is 4.06. The highest BCUT2D eigenvalue weighted by Crippen LogP contribution is 2.12. The van der Waals surface area contributed by atoms with Crippen LogP contribution in [0, 0.1) is 5.21 Å². The first-order valence-electron chi connectivity index (χ1n) is 5.92. The molecule has 6 nitrogen and oxygen atoms in total. The molecule has 0 aliphatic carbocycles. The molecule has 0 unspecified atom stereocenters. The lowest BCUT2D eigenvalue weighted by Gasteiger charge is -2.07. The molecule has 2 rings (SSSR count). The first-order valence-corrected chi connectivity index (χ1v) is 5.92. The van der Waals surface area contributed by atoms with Crippen molar-refractivity contribution in [1.29, 1.82) is 0 Å². The maximum Gasteiger partial charge on any atom is 0.256 e. The Balaban J connectivity index is 2.15. The number of anilines is 1. The van der Waals surface area contributed by atoms with Crippen LogP contribution in [0.1, 0.15) is 20.7 Å². The quantitative estimate of drug-likeness (QED) is 0.643. The third kappa shape index (κ3) is 3.11. The maximum atomic E-state index is 12.0. The SMILES string of the molecule is CNC(=O)c1cccc(NC(=O)c2cc[n+]([O-])cc2)c1. The minimum atomic E-state index is -0.348. The first kappa shape index (κ1) is 13.5. The molecule has 1 heterocycles. The number of amides is 2. The highest BCUT2D eigenvalue weighted by Gasteiger charge is 2.09. The van der Waals surface area contributed by atoms with Crippen LogP contribution in [-0.4, -0.2) is 18.9 Å². The number of carbonyl (C=O) groups is 2. The van der Waals surface area contributed by atoms with Gasteiger partial charge in [-0.1, -0.05) is 6.07 Å². The minimum Gasteiger partial charge on any atom is -0.619 e. The zero-order chi connectivity index (χ0) is 14.5. The largest absolute Gasteiger partial charge is 0.619 e. The molecule has 102 valence electrons. The average molecular weight is 271 g/mol. The molecule has 0 atom stereocenters. The lowest BCUT2D eigenvalue weighted by Crippen LogP contribution is -2.25. The lowest BCUT2D eigenvalue weighted by molar-refractivity contribution is -0.605. The van der Waals surface area contributed by atoms with E-state index in [0.717, 1.165) is 0 Å². The monoisotopic (exact) mass is 271 g/mol. The Hall–Kier alpha value is -2.89. The van der Waals surface area contributed by atoms with Gasteiger partial charge in [0.1, 0.15) is 0 Å². The molecule has 0 spiro atoms. The summed E-state index contributed by atoms with van der Waals surface area (Å²) in [6.45, 7) is 0. The van der Waals surface area contributed by atoms with E-state index in [-0.39, 0.29) is 11.8 Å². The van der Waals surface area contributed by atoms with Crippen LogP contribution in [0.25, 0.3) is 0 Å². The summed E-state index contributed by atoms with van der Waals surface area (Å²) in [4.78, 5) is 23.5. The highest BCUT2D eigenvalue weighted by molar-refractivity contribution is 6.04. The van der Waals surface area contributed by atoms with Gasteiger partial charge in [0.2, 0.25) is 0 Å². The summed E-state index contributed by atoms with van der Waals surface area (Å²) < 4.78 is 0.600. The molecule has 0 fully saturated rings. The maximum absolute atomic E-state index is 12.0. The van der Waals surface area contributed by atoms with Crippen molar-refractivity contribution in [2.75, 3.05) is 12.4 Å². The van der Waals surface area contributed by atoms with Crippen molar-refractivity contribution in [3.63, 3.8) is 0 Å². The Morgan fingerprint density at radius 2 is 1.75 bits per heavy atom. The van der Waals surface area contributed by atoms with E-state index in [9.17, 15) is 14.8 Å². The van der Waals surface area contributed by atoms with Crippen LogP contribution in [0.4, 0.5) is 5.69 Å². The van der Waals surface area contributed by atoms with Crippen molar-refractivity contribution < 1.29 is 14.3 Å². The number of hydrogen-bond donors (Lipinski definition) is 2. The van der Waals surface area contributed by atoms with Gasteiger partial charge in [-0.15, -0.1) is 0 Å². The summed E-state index contributed by atoms with van der Waals surface area (Å²) in [6.07, 6.45) is 2.49. The van der Waals surface area contributed by atoms with E-state index in [1.54, 1.807) is 24.3 Å². The zero-order valence-electron chi connectivity index (χ0n) is 10.8. The smallest absolute Gasteiger partial charge is 0.256 e. The molecular weight excluding hydrogens is 258 g/mol. The fraction of sp³-hybridized carbons (Fsp3) is 0.0714. The zero-order valence-corrected chi connectivity index (χ0v) is 10.8. The highest BCUT2D eigenvalue weighted by atomic mass is 16.5. The van der Waals surface area contributed by atoms with Gasteiger partial charge in [-0.2, -0.15) is 4.73 Å². The van der Waals surface area contributed by atoms with Gasteiger partial charge in [0.25, 0.3) is 11.8 Å². The van der Waals surface area contributed by atoms with Gasteiger partial charge in [0.15, 0.2) is 12.4 Å². The van der Waals surface area contributed by atoms with E-state index in [2.05, 4.69) is 10.6 Å². The topological polar surface area (TPSA) is 85.1 Å². The number of rotatable bonds is 3. The molecule has 0 bridgehead atoms. The molecule has 0 saturated carbocycles. The molecule has 1 aromatic carbocycles. The summed E-state index contributed by atoms with van der Waals surface area (Å²) in [7, 11) is 1.54. The van der Waals surface area contributed by atoms with Crippen molar-refractivity contribution >= 4 is 17.5 Å². The number of hydrogen-bond acceptors (Lipinski definition) is 3. The van der Waals surface area contributed by atoms with Crippen LogP contribution in [0.5, 0.6) is 0 Å². The molecular formula is C14H13N3O3. The Morgan fingerprint density at radius 3 is 2.40 bits per heavy atom. The van der Waals surface area contributed by atoms with E-state index in [4.69, 9.17) is 0 Å². The van der Waals surface area contributed by atoms with Gasteiger partial charge in [-0.3, -0.25) is 9.59 Å². The van der Waals surface area contributed by atoms with Crippen LogP contribution in [-0.2, 0) is 0 Å². The van der Waals surface area contributed by atoms with Crippen LogP contribution in [0.3, 0.4) is 0 Å². The third-order valence-electron chi connectivity index (χ3n) is 2.67. The molecule has 6 heteroatoms. The number of nitrogens with one attached hydrogen (secondary N) is 2. The van der Waals surface area contributed by atoms with Crippen LogP contribution >= 0.6 is 0 Å². The number of nitrogens with zero attached hydrogens (tertiary/aromatic N) is 1. The molecule has 2 aromatic rings. The van der Waals surface area contributed by atoms with Crippen molar-refractivity contribution in [1.82, 2.24) is 5.32 Å². The van der Waals surface area contributed by atoms with Gasteiger partial charge < -0.3 is 15.8 Å². The third-order valence-corrected chi connectivity index (χ3v) is 2.67. The van der Waals surface area contributed by atoms with Crippen molar-refractivity contribution in [3.05, 3.63) is 65.1 Å². The van der Waals surface area contributed by atoms with E-state index in [1.807, 2.05) is 0 Å². The standard InChI is InChI=1S/C14H13N3O3/c1-15-13(18)11-3-2-4-12(9-11)16-14(19)10-5-7-17(20)8-6-10/h2-9H,1H3,(H,15,18)(H,16,19). The molecule has 0 radical (unpaired) electrons. The summed E-state index contributed by atoms with van der Waals surface area (Å²) in [5, 5.41) is 16.1. The van der Waals surface area contributed by atoms with E-state index in [1.165, 1.54) is 31.6 Å². The Morgan fingerprint density at radius 1 is 1.05 bits per heavy atom. The van der Waals surface area contributed by atoms with Crippen LogP contribution < -0.4 is 15.4 Å². The van der Waals surface area contributed by atoms with Gasteiger partial charge in [-0.25, -0.2) is 0 Å². The van der Waals surface area contributed by atoms with Crippen molar-refractivity contribution in [3.8, 4) is 0 Å². The fourth-order valence-corrected chi connectivity index (χ4v) is 1.65. The fourth-order valence-electron chi connectivity index (χ4n) is 1.65. The van der Waals surface area contributed by atoms with Gasteiger partial charge in [0, 0.05) is 30.4 Å².